The van der Waals surface area contributed by atoms with Crippen molar-refractivity contribution >= 4 is 0 Å². The minimum atomic E-state index is -4.60. The SMILES string of the molecule is Fc1cc(OC(F)(F)c2c(F)cc(Cc3ccc4c(c3)CCC4)cc2F)cc(F)c1F. The van der Waals surface area contributed by atoms with Gasteiger partial charge >= 0.3 is 6.11 Å². The highest BCUT2D eigenvalue weighted by Gasteiger charge is 2.41. The van der Waals surface area contributed by atoms with Gasteiger partial charge in [0.2, 0.25) is 0 Å². The summed E-state index contributed by atoms with van der Waals surface area (Å²) in [6, 6.07) is 7.53. The molecule has 0 aliphatic heterocycles. The molecule has 0 amide bonds. The monoisotopic (exact) mass is 440 g/mol. The van der Waals surface area contributed by atoms with Gasteiger partial charge in [-0.3, -0.25) is 0 Å². The lowest BCUT2D eigenvalue weighted by Crippen LogP contribution is -2.25. The van der Waals surface area contributed by atoms with Gasteiger partial charge in [0.05, 0.1) is 0 Å². The van der Waals surface area contributed by atoms with Crippen LogP contribution in [0.1, 0.15) is 34.2 Å². The normalized spacial score (nSPS) is 13.4. The Labute approximate surface area is 173 Å². The molecule has 0 spiro atoms. The number of alkyl halides is 2. The van der Waals surface area contributed by atoms with Crippen LogP contribution in [-0.4, -0.2) is 0 Å². The van der Waals surface area contributed by atoms with Crippen molar-refractivity contribution in [2.24, 2.45) is 0 Å². The molecule has 0 bridgehead atoms. The first-order chi connectivity index (χ1) is 14.6. The van der Waals surface area contributed by atoms with Crippen LogP contribution in [0, 0.1) is 29.1 Å². The van der Waals surface area contributed by atoms with E-state index in [1.54, 1.807) is 0 Å². The van der Waals surface area contributed by atoms with E-state index in [2.05, 4.69) is 4.74 Å². The van der Waals surface area contributed by atoms with Crippen LogP contribution in [0.3, 0.4) is 0 Å². The molecule has 0 fully saturated rings. The first-order valence-corrected chi connectivity index (χ1v) is 9.44. The average Bonchev–Trinajstić information content (AvgIpc) is 3.12. The van der Waals surface area contributed by atoms with Gasteiger partial charge in [-0.05, 0) is 60.1 Å². The van der Waals surface area contributed by atoms with E-state index in [0.717, 1.165) is 42.5 Å². The molecule has 0 aromatic heterocycles. The second-order valence-electron chi connectivity index (χ2n) is 7.39. The molecular formula is C23H15F7O. The Bertz CT molecular complexity index is 1110. The van der Waals surface area contributed by atoms with Crippen LogP contribution in [0.2, 0.25) is 0 Å². The van der Waals surface area contributed by atoms with Gasteiger partial charge in [-0.15, -0.1) is 0 Å². The summed E-state index contributed by atoms with van der Waals surface area (Å²) in [7, 11) is 0. The minimum Gasteiger partial charge on any atom is -0.429 e. The third kappa shape index (κ3) is 4.24. The molecular weight excluding hydrogens is 425 g/mol. The predicted molar refractivity (Wildman–Crippen MR) is 98.5 cm³/mol. The molecule has 3 aromatic carbocycles. The van der Waals surface area contributed by atoms with Crippen LogP contribution in [0.25, 0.3) is 0 Å². The van der Waals surface area contributed by atoms with Crippen molar-refractivity contribution in [1.82, 2.24) is 0 Å². The van der Waals surface area contributed by atoms with E-state index in [9.17, 15) is 30.7 Å². The smallest absolute Gasteiger partial charge is 0.429 e. The topological polar surface area (TPSA) is 9.23 Å². The van der Waals surface area contributed by atoms with Gasteiger partial charge in [-0.2, -0.15) is 8.78 Å². The molecule has 8 heteroatoms. The Balaban J connectivity index is 1.60. The molecule has 0 unspecified atom stereocenters. The third-order valence-electron chi connectivity index (χ3n) is 5.17. The molecule has 0 atom stereocenters. The van der Waals surface area contributed by atoms with E-state index in [4.69, 9.17) is 0 Å². The van der Waals surface area contributed by atoms with E-state index >= 15 is 0 Å². The number of benzene rings is 3. The van der Waals surface area contributed by atoms with Gasteiger partial charge in [0.1, 0.15) is 22.9 Å². The summed E-state index contributed by atoms with van der Waals surface area (Å²) < 4.78 is 101. The zero-order valence-corrected chi connectivity index (χ0v) is 15.9. The maximum absolute atomic E-state index is 14.4. The standard InChI is InChI=1S/C23H15F7O/c24-17-8-13(6-12-4-5-14-2-1-3-15(14)7-12)9-18(25)21(17)23(29,30)31-16-10-19(26)22(28)20(27)11-16/h4-5,7-11H,1-3,6H2. The lowest BCUT2D eigenvalue weighted by atomic mass is 9.99. The first-order valence-electron chi connectivity index (χ1n) is 9.44. The van der Waals surface area contributed by atoms with Crippen molar-refractivity contribution in [1.29, 1.82) is 0 Å². The molecule has 0 saturated carbocycles. The quantitative estimate of drug-likeness (QED) is 0.321. The number of hydrogen-bond donors (Lipinski definition) is 0. The Morgan fingerprint density at radius 2 is 1.32 bits per heavy atom. The van der Waals surface area contributed by atoms with Gasteiger partial charge in [0.15, 0.2) is 17.5 Å². The van der Waals surface area contributed by atoms with E-state index in [1.165, 1.54) is 5.56 Å². The van der Waals surface area contributed by atoms with Crippen molar-refractivity contribution < 1.29 is 35.5 Å². The number of ether oxygens (including phenoxy) is 1. The highest BCUT2D eigenvalue weighted by Crippen LogP contribution is 2.36. The fraction of sp³-hybridized carbons (Fsp3) is 0.217. The zero-order chi connectivity index (χ0) is 22.3. The zero-order valence-electron chi connectivity index (χ0n) is 15.9. The minimum absolute atomic E-state index is 0.127. The summed E-state index contributed by atoms with van der Waals surface area (Å²) in [5.41, 5.74) is 1.59. The van der Waals surface area contributed by atoms with Crippen molar-refractivity contribution in [2.75, 3.05) is 0 Å². The number of fused-ring (bicyclic) bond motifs is 1. The van der Waals surface area contributed by atoms with E-state index < -0.39 is 46.5 Å². The van der Waals surface area contributed by atoms with Crippen LogP contribution >= 0.6 is 0 Å². The maximum Gasteiger partial charge on any atom is 0.432 e. The molecule has 3 aromatic rings. The first kappa shape index (κ1) is 21.2. The number of aryl methyl sites for hydroxylation is 2. The molecule has 31 heavy (non-hydrogen) atoms. The predicted octanol–water partition coefficient (Wildman–Crippen LogP) is 6.59. The summed E-state index contributed by atoms with van der Waals surface area (Å²) in [4.78, 5) is 0. The molecule has 4 rings (SSSR count). The molecule has 1 aliphatic carbocycles. The van der Waals surface area contributed by atoms with Gasteiger partial charge in [0.25, 0.3) is 0 Å². The van der Waals surface area contributed by atoms with Gasteiger partial charge in [-0.25, -0.2) is 22.0 Å². The Morgan fingerprint density at radius 1 is 0.710 bits per heavy atom. The summed E-state index contributed by atoms with van der Waals surface area (Å²) in [5.74, 6) is -9.73. The fourth-order valence-corrected chi connectivity index (χ4v) is 3.77. The number of hydrogen-bond acceptors (Lipinski definition) is 1. The summed E-state index contributed by atoms with van der Waals surface area (Å²) >= 11 is 0. The van der Waals surface area contributed by atoms with Crippen molar-refractivity contribution in [3.8, 4) is 5.75 Å². The largest absolute Gasteiger partial charge is 0.432 e. The number of rotatable bonds is 5. The van der Waals surface area contributed by atoms with Gasteiger partial charge < -0.3 is 4.74 Å². The van der Waals surface area contributed by atoms with Crippen molar-refractivity contribution in [3.05, 3.63) is 99.4 Å². The lowest BCUT2D eigenvalue weighted by Gasteiger charge is -2.20. The van der Waals surface area contributed by atoms with Crippen LogP contribution in [0.5, 0.6) is 5.75 Å². The van der Waals surface area contributed by atoms with Gasteiger partial charge in [0, 0.05) is 12.1 Å². The second kappa shape index (κ2) is 7.90. The van der Waals surface area contributed by atoms with Crippen LogP contribution in [0.4, 0.5) is 30.7 Å². The van der Waals surface area contributed by atoms with Crippen LogP contribution in [-0.2, 0) is 25.4 Å². The number of halogens is 7. The third-order valence-corrected chi connectivity index (χ3v) is 5.17. The van der Waals surface area contributed by atoms with E-state index in [-0.39, 0.29) is 24.1 Å². The summed E-state index contributed by atoms with van der Waals surface area (Å²) in [5, 5.41) is 0. The van der Waals surface area contributed by atoms with Crippen LogP contribution < -0.4 is 4.74 Å². The summed E-state index contributed by atoms with van der Waals surface area (Å²) in [6.07, 6.45) is -1.55. The fourth-order valence-electron chi connectivity index (χ4n) is 3.77. The Hall–Kier alpha value is -3.03. The molecule has 0 radical (unpaired) electrons. The van der Waals surface area contributed by atoms with E-state index in [0.29, 0.717) is 0 Å². The highest BCUT2D eigenvalue weighted by atomic mass is 19.3. The molecule has 0 N–H and O–H groups in total. The molecule has 1 aliphatic rings. The van der Waals surface area contributed by atoms with Crippen molar-refractivity contribution in [3.63, 3.8) is 0 Å². The molecule has 162 valence electrons. The highest BCUT2D eigenvalue weighted by molar-refractivity contribution is 5.39. The lowest BCUT2D eigenvalue weighted by molar-refractivity contribution is -0.189. The second-order valence-corrected chi connectivity index (χ2v) is 7.39. The average molecular weight is 440 g/mol. The molecule has 1 nitrogen and oxygen atoms in total. The molecule has 0 heterocycles. The molecule has 0 saturated heterocycles. The Kier molecular flexibility index (Phi) is 5.41. The van der Waals surface area contributed by atoms with Gasteiger partial charge in [-0.1, -0.05) is 18.2 Å². The summed E-state index contributed by atoms with van der Waals surface area (Å²) in [6.45, 7) is 0. The maximum atomic E-state index is 14.4. The van der Waals surface area contributed by atoms with Crippen molar-refractivity contribution in [2.45, 2.75) is 31.8 Å². The Morgan fingerprint density at radius 3 is 1.97 bits per heavy atom. The van der Waals surface area contributed by atoms with Crippen LogP contribution in [0.15, 0.2) is 42.5 Å². The van der Waals surface area contributed by atoms with E-state index in [1.807, 2.05) is 18.2 Å².